The van der Waals surface area contributed by atoms with Gasteiger partial charge in [-0.3, -0.25) is 10.1 Å². The van der Waals surface area contributed by atoms with Crippen LogP contribution in [0.1, 0.15) is 18.5 Å². The number of rotatable bonds is 7. The number of non-ortho nitro benzene ring substituents is 1. The highest BCUT2D eigenvalue weighted by Gasteiger charge is 2.26. The van der Waals surface area contributed by atoms with Crippen LogP contribution >= 0.6 is 0 Å². The molecule has 2 N–H and O–H groups in total. The molecule has 0 aliphatic carbocycles. The van der Waals surface area contributed by atoms with Gasteiger partial charge in [-0.15, -0.1) is 0 Å². The third-order valence-corrected chi connectivity index (χ3v) is 4.14. The van der Waals surface area contributed by atoms with Crippen molar-refractivity contribution >= 4 is 28.2 Å². The summed E-state index contributed by atoms with van der Waals surface area (Å²) in [5, 5.41) is 14.8. The van der Waals surface area contributed by atoms with Crippen molar-refractivity contribution in [2.24, 2.45) is 0 Å². The highest BCUT2D eigenvalue weighted by molar-refractivity contribution is 5.92. The molecule has 0 saturated carbocycles. The monoisotopic (exact) mass is 369 g/mol. The SMILES string of the molecule is CCOC(=O)C(Nc1ccc(OC)cc1)c1c[nH]c2ccc([N+](=O)[O-])cc12. The van der Waals surface area contributed by atoms with E-state index in [1.807, 2.05) is 0 Å². The van der Waals surface area contributed by atoms with Gasteiger partial charge < -0.3 is 19.8 Å². The number of fused-ring (bicyclic) bond motifs is 1. The molecular weight excluding hydrogens is 350 g/mol. The fourth-order valence-corrected chi connectivity index (χ4v) is 2.83. The second kappa shape index (κ2) is 7.77. The third-order valence-electron chi connectivity index (χ3n) is 4.14. The first-order chi connectivity index (χ1) is 13.0. The summed E-state index contributed by atoms with van der Waals surface area (Å²) in [5.41, 5.74) is 1.91. The van der Waals surface area contributed by atoms with Crippen LogP contribution in [0.25, 0.3) is 10.9 Å². The van der Waals surface area contributed by atoms with E-state index >= 15 is 0 Å². The minimum absolute atomic E-state index is 0.0459. The molecule has 1 atom stereocenters. The van der Waals surface area contributed by atoms with Crippen LogP contribution in [0.5, 0.6) is 5.75 Å². The molecule has 1 heterocycles. The number of aromatic amines is 1. The molecule has 3 aromatic rings. The summed E-state index contributed by atoms with van der Waals surface area (Å²) in [5.74, 6) is 0.219. The van der Waals surface area contributed by atoms with Crippen molar-refractivity contribution in [3.63, 3.8) is 0 Å². The molecule has 0 aliphatic heterocycles. The van der Waals surface area contributed by atoms with Crippen LogP contribution in [-0.4, -0.2) is 29.6 Å². The number of ether oxygens (including phenoxy) is 2. The van der Waals surface area contributed by atoms with Crippen molar-refractivity contribution in [2.45, 2.75) is 13.0 Å². The first-order valence-electron chi connectivity index (χ1n) is 8.36. The average molecular weight is 369 g/mol. The van der Waals surface area contributed by atoms with Crippen LogP contribution < -0.4 is 10.1 Å². The van der Waals surface area contributed by atoms with Crippen molar-refractivity contribution in [1.29, 1.82) is 0 Å². The summed E-state index contributed by atoms with van der Waals surface area (Å²) in [6, 6.07) is 10.8. The predicted molar refractivity (Wildman–Crippen MR) is 101 cm³/mol. The van der Waals surface area contributed by atoms with Crippen molar-refractivity contribution in [1.82, 2.24) is 4.98 Å². The Morgan fingerprint density at radius 3 is 2.63 bits per heavy atom. The Morgan fingerprint density at radius 1 is 1.26 bits per heavy atom. The van der Waals surface area contributed by atoms with E-state index in [2.05, 4.69) is 10.3 Å². The molecule has 2 aromatic carbocycles. The van der Waals surface area contributed by atoms with Crippen LogP contribution in [0.4, 0.5) is 11.4 Å². The number of esters is 1. The Bertz CT molecular complexity index is 965. The number of anilines is 1. The van der Waals surface area contributed by atoms with Gasteiger partial charge in [0.25, 0.3) is 5.69 Å². The lowest BCUT2D eigenvalue weighted by Gasteiger charge is -2.18. The molecule has 1 aromatic heterocycles. The summed E-state index contributed by atoms with van der Waals surface area (Å²) in [6.07, 6.45) is 1.66. The third kappa shape index (κ3) is 3.84. The highest BCUT2D eigenvalue weighted by Crippen LogP contribution is 2.31. The van der Waals surface area contributed by atoms with Crippen molar-refractivity contribution < 1.29 is 19.2 Å². The maximum Gasteiger partial charge on any atom is 0.333 e. The zero-order valence-corrected chi connectivity index (χ0v) is 14.9. The molecule has 27 heavy (non-hydrogen) atoms. The van der Waals surface area contributed by atoms with Gasteiger partial charge >= 0.3 is 5.97 Å². The van der Waals surface area contributed by atoms with Crippen LogP contribution in [0, 0.1) is 10.1 Å². The van der Waals surface area contributed by atoms with Crippen LogP contribution in [0.15, 0.2) is 48.7 Å². The smallest absolute Gasteiger partial charge is 0.333 e. The van der Waals surface area contributed by atoms with E-state index in [4.69, 9.17) is 9.47 Å². The molecule has 8 nitrogen and oxygen atoms in total. The van der Waals surface area contributed by atoms with Gasteiger partial charge in [-0.2, -0.15) is 0 Å². The Labute approximate surface area is 155 Å². The number of hydrogen-bond acceptors (Lipinski definition) is 6. The molecule has 0 spiro atoms. The Kier molecular flexibility index (Phi) is 5.25. The summed E-state index contributed by atoms with van der Waals surface area (Å²) < 4.78 is 10.3. The fraction of sp³-hybridized carbons (Fsp3) is 0.211. The number of aromatic nitrogens is 1. The van der Waals surface area contributed by atoms with E-state index < -0.39 is 16.9 Å². The number of methoxy groups -OCH3 is 1. The molecule has 0 bridgehead atoms. The maximum atomic E-state index is 12.6. The van der Waals surface area contributed by atoms with Gasteiger partial charge in [0, 0.05) is 40.5 Å². The summed E-state index contributed by atoms with van der Waals surface area (Å²) in [7, 11) is 1.57. The number of carbonyl (C=O) groups is 1. The van der Waals surface area contributed by atoms with E-state index in [9.17, 15) is 14.9 Å². The molecule has 0 saturated heterocycles. The molecule has 1 unspecified atom stereocenters. The van der Waals surface area contributed by atoms with E-state index in [0.29, 0.717) is 27.9 Å². The number of H-pyrrole nitrogens is 1. The van der Waals surface area contributed by atoms with Gasteiger partial charge in [0.2, 0.25) is 0 Å². The highest BCUT2D eigenvalue weighted by atomic mass is 16.6. The van der Waals surface area contributed by atoms with E-state index in [-0.39, 0.29) is 12.3 Å². The lowest BCUT2D eigenvalue weighted by atomic mass is 10.0. The molecule has 3 rings (SSSR count). The van der Waals surface area contributed by atoms with Crippen LogP contribution in [-0.2, 0) is 9.53 Å². The number of hydrogen-bond donors (Lipinski definition) is 2. The summed E-state index contributed by atoms with van der Waals surface area (Å²) in [4.78, 5) is 26.3. The Balaban J connectivity index is 2.02. The second-order valence-electron chi connectivity index (χ2n) is 5.79. The van der Waals surface area contributed by atoms with Gasteiger partial charge in [-0.1, -0.05) is 0 Å². The maximum absolute atomic E-state index is 12.6. The zero-order valence-electron chi connectivity index (χ0n) is 14.9. The number of nitro benzene ring substituents is 1. The van der Waals surface area contributed by atoms with Gasteiger partial charge in [-0.25, -0.2) is 4.79 Å². The molecule has 0 amide bonds. The number of carbonyl (C=O) groups excluding carboxylic acids is 1. The molecule has 8 heteroatoms. The molecular formula is C19H19N3O5. The molecule has 0 aliphatic rings. The van der Waals surface area contributed by atoms with Crippen LogP contribution in [0.2, 0.25) is 0 Å². The van der Waals surface area contributed by atoms with Gasteiger partial charge in [-0.05, 0) is 37.3 Å². The lowest BCUT2D eigenvalue weighted by Crippen LogP contribution is -2.23. The number of nitrogens with one attached hydrogen (secondary N) is 2. The average Bonchev–Trinajstić information content (AvgIpc) is 3.09. The quantitative estimate of drug-likeness (QED) is 0.373. The summed E-state index contributed by atoms with van der Waals surface area (Å²) >= 11 is 0. The van der Waals surface area contributed by atoms with Gasteiger partial charge in [0.05, 0.1) is 18.6 Å². The van der Waals surface area contributed by atoms with Gasteiger partial charge in [0.1, 0.15) is 5.75 Å². The Morgan fingerprint density at radius 2 is 2.00 bits per heavy atom. The molecule has 0 fully saturated rings. The zero-order chi connectivity index (χ0) is 19.4. The minimum Gasteiger partial charge on any atom is -0.497 e. The summed E-state index contributed by atoms with van der Waals surface area (Å²) in [6.45, 7) is 1.95. The van der Waals surface area contributed by atoms with E-state index in [1.165, 1.54) is 12.1 Å². The second-order valence-corrected chi connectivity index (χ2v) is 5.79. The minimum atomic E-state index is -0.825. The number of benzene rings is 2. The van der Waals surface area contributed by atoms with Crippen LogP contribution in [0.3, 0.4) is 0 Å². The van der Waals surface area contributed by atoms with Crippen molar-refractivity contribution in [2.75, 3.05) is 19.0 Å². The topological polar surface area (TPSA) is 106 Å². The molecule has 140 valence electrons. The van der Waals surface area contributed by atoms with E-state index in [0.717, 1.165) is 0 Å². The first-order valence-corrected chi connectivity index (χ1v) is 8.36. The Hall–Kier alpha value is -3.55. The van der Waals surface area contributed by atoms with Crippen molar-refractivity contribution in [3.05, 3.63) is 64.3 Å². The predicted octanol–water partition coefficient (Wildman–Crippen LogP) is 3.80. The van der Waals surface area contributed by atoms with E-state index in [1.54, 1.807) is 50.6 Å². The number of nitro groups is 1. The van der Waals surface area contributed by atoms with Crippen molar-refractivity contribution in [3.8, 4) is 5.75 Å². The van der Waals surface area contributed by atoms with Gasteiger partial charge in [0.15, 0.2) is 6.04 Å². The normalized spacial score (nSPS) is 11.8. The first kappa shape index (κ1) is 18.2. The largest absolute Gasteiger partial charge is 0.497 e. The molecule has 0 radical (unpaired) electrons. The lowest BCUT2D eigenvalue weighted by molar-refractivity contribution is -0.384. The fourth-order valence-electron chi connectivity index (χ4n) is 2.83. The standard InChI is InChI=1S/C19H19N3O5/c1-3-27-19(23)18(21-12-4-7-14(26-2)8-5-12)16-11-20-17-9-6-13(22(24)25)10-15(16)17/h4-11,18,20-21H,3H2,1-2H3. The number of nitrogens with zero attached hydrogens (tertiary/aromatic N) is 1.